The molecule has 0 fully saturated rings. The fraction of sp³-hybridized carbons (Fsp3) is 0.185. The molecule has 0 saturated carbocycles. The van der Waals surface area contributed by atoms with Crippen LogP contribution in [0.4, 0.5) is 17.1 Å². The fourth-order valence-electron chi connectivity index (χ4n) is 3.56. The minimum Gasteiger partial charge on any atom is -0.497 e. The number of carbonyl (C=O) groups excluding carboxylic acids is 1. The number of anilines is 3. The van der Waals surface area contributed by atoms with Crippen LogP contribution in [-0.4, -0.2) is 34.5 Å². The van der Waals surface area contributed by atoms with E-state index in [0.717, 1.165) is 0 Å². The largest absolute Gasteiger partial charge is 0.497 e. The highest BCUT2D eigenvalue weighted by molar-refractivity contribution is 7.92. The summed E-state index contributed by atoms with van der Waals surface area (Å²) in [5.41, 5.74) is 1.72. The van der Waals surface area contributed by atoms with Crippen molar-refractivity contribution in [2.75, 3.05) is 35.1 Å². The Morgan fingerprint density at radius 2 is 1.64 bits per heavy atom. The second-order valence-electron chi connectivity index (χ2n) is 7.72. The first-order chi connectivity index (χ1) is 17.3. The van der Waals surface area contributed by atoms with Gasteiger partial charge in [-0.1, -0.05) is 30.3 Å². The minimum absolute atomic E-state index is 0.00497. The lowest BCUT2D eigenvalue weighted by Gasteiger charge is -2.25. The van der Waals surface area contributed by atoms with E-state index in [9.17, 15) is 18.5 Å². The Balaban J connectivity index is 1.96. The first-order valence-corrected chi connectivity index (χ1v) is 12.8. The van der Waals surface area contributed by atoms with Crippen LogP contribution in [0.5, 0.6) is 5.75 Å². The van der Waals surface area contributed by atoms with Gasteiger partial charge in [0.15, 0.2) is 0 Å². The summed E-state index contributed by atoms with van der Waals surface area (Å²) in [6.45, 7) is 5.04. The van der Waals surface area contributed by atoms with Crippen molar-refractivity contribution in [3.63, 3.8) is 0 Å². The van der Waals surface area contributed by atoms with Gasteiger partial charge in [0.05, 0.1) is 12.8 Å². The summed E-state index contributed by atoms with van der Waals surface area (Å²) in [4.78, 5) is 14.7. The Bertz CT molecular complexity index is 1380. The molecule has 0 aliphatic heterocycles. The number of nitrogens with zero attached hydrogens (tertiary/aromatic N) is 2. The molecule has 0 atom stereocenters. The first kappa shape index (κ1) is 26.3. The van der Waals surface area contributed by atoms with Gasteiger partial charge in [-0.2, -0.15) is 5.26 Å². The van der Waals surface area contributed by atoms with E-state index in [-0.39, 0.29) is 16.2 Å². The van der Waals surface area contributed by atoms with E-state index in [2.05, 4.69) is 10.0 Å². The maximum absolute atomic E-state index is 13.4. The molecule has 0 saturated heterocycles. The van der Waals surface area contributed by atoms with E-state index in [1.165, 1.54) is 19.3 Å². The van der Waals surface area contributed by atoms with Crippen molar-refractivity contribution in [2.45, 2.75) is 18.7 Å². The number of carbonyl (C=O) groups is 1. The van der Waals surface area contributed by atoms with Gasteiger partial charge in [-0.05, 0) is 68.0 Å². The molecule has 0 bridgehead atoms. The van der Waals surface area contributed by atoms with Crippen molar-refractivity contribution in [3.05, 3.63) is 83.9 Å². The van der Waals surface area contributed by atoms with Gasteiger partial charge in [0, 0.05) is 24.5 Å². The molecule has 0 radical (unpaired) electrons. The lowest BCUT2D eigenvalue weighted by Crippen LogP contribution is -2.26. The molecule has 3 aromatic rings. The molecule has 3 rings (SSSR count). The summed E-state index contributed by atoms with van der Waals surface area (Å²) < 4.78 is 34.6. The van der Waals surface area contributed by atoms with Crippen molar-refractivity contribution < 1.29 is 17.9 Å². The molecule has 0 aliphatic carbocycles. The Morgan fingerprint density at radius 1 is 1.00 bits per heavy atom. The summed E-state index contributed by atoms with van der Waals surface area (Å²) in [5, 5.41) is 12.2. The number of amides is 1. The monoisotopic (exact) mass is 504 g/mol. The van der Waals surface area contributed by atoms with Crippen LogP contribution in [0.1, 0.15) is 19.4 Å². The number of sulfonamides is 1. The van der Waals surface area contributed by atoms with E-state index < -0.39 is 15.9 Å². The minimum atomic E-state index is -4.02. The number of rotatable bonds is 10. The number of hydrogen-bond acceptors (Lipinski definition) is 6. The third-order valence-electron chi connectivity index (χ3n) is 5.43. The topological polar surface area (TPSA) is 112 Å². The SMILES string of the molecule is CCN(CC)c1ccc(NC(=O)/C(C#N)=C\c2ccccc2)cc1S(=O)(=O)Nc1ccc(OC)cc1. The van der Waals surface area contributed by atoms with Crippen LogP contribution < -0.4 is 19.7 Å². The second-order valence-corrected chi connectivity index (χ2v) is 9.37. The van der Waals surface area contributed by atoms with Crippen molar-refractivity contribution in [1.29, 1.82) is 5.26 Å². The number of benzene rings is 3. The number of ether oxygens (including phenoxy) is 1. The van der Waals surface area contributed by atoms with Crippen molar-refractivity contribution in [3.8, 4) is 11.8 Å². The van der Waals surface area contributed by atoms with Crippen molar-refractivity contribution >= 4 is 39.1 Å². The highest BCUT2D eigenvalue weighted by atomic mass is 32.2. The molecular weight excluding hydrogens is 476 g/mol. The van der Waals surface area contributed by atoms with Crippen LogP contribution in [0.25, 0.3) is 6.08 Å². The van der Waals surface area contributed by atoms with Crippen LogP contribution in [0.15, 0.2) is 83.3 Å². The third-order valence-corrected chi connectivity index (χ3v) is 6.84. The van der Waals surface area contributed by atoms with Crippen LogP contribution in [0.3, 0.4) is 0 Å². The van der Waals surface area contributed by atoms with Crippen molar-refractivity contribution in [1.82, 2.24) is 0 Å². The molecule has 0 aromatic heterocycles. The van der Waals surface area contributed by atoms with Gasteiger partial charge < -0.3 is 15.0 Å². The zero-order valence-corrected chi connectivity index (χ0v) is 21.2. The maximum atomic E-state index is 13.4. The molecule has 0 unspecified atom stereocenters. The zero-order chi connectivity index (χ0) is 26.1. The Morgan fingerprint density at radius 3 is 2.22 bits per heavy atom. The predicted octanol–water partition coefficient (Wildman–Crippen LogP) is 4.89. The predicted molar refractivity (Wildman–Crippen MR) is 142 cm³/mol. The number of nitrogens with one attached hydrogen (secondary N) is 2. The van der Waals surface area contributed by atoms with Crippen LogP contribution >= 0.6 is 0 Å². The lowest BCUT2D eigenvalue weighted by molar-refractivity contribution is -0.112. The maximum Gasteiger partial charge on any atom is 0.266 e. The van der Waals surface area contributed by atoms with Gasteiger partial charge in [-0.3, -0.25) is 9.52 Å². The summed E-state index contributed by atoms with van der Waals surface area (Å²) in [6.07, 6.45) is 1.47. The molecule has 3 aromatic carbocycles. The standard InChI is InChI=1S/C27H28N4O4S/c1-4-31(5-2)25-16-13-23(29-27(32)21(19-28)17-20-9-7-6-8-10-20)18-26(25)36(33,34)30-22-11-14-24(35-3)15-12-22/h6-18,30H,4-5H2,1-3H3,(H,29,32)/b21-17-. The number of hydrogen-bond donors (Lipinski definition) is 2. The Kier molecular flexibility index (Phi) is 8.71. The molecule has 1 amide bonds. The van der Waals surface area contributed by atoms with E-state index in [0.29, 0.717) is 35.8 Å². The highest BCUT2D eigenvalue weighted by Crippen LogP contribution is 2.31. The molecule has 36 heavy (non-hydrogen) atoms. The van der Waals surface area contributed by atoms with Gasteiger partial charge in [-0.25, -0.2) is 8.42 Å². The smallest absolute Gasteiger partial charge is 0.266 e. The fourth-order valence-corrected chi connectivity index (χ4v) is 4.88. The van der Waals surface area contributed by atoms with Crippen LogP contribution in [0.2, 0.25) is 0 Å². The van der Waals surface area contributed by atoms with Crippen molar-refractivity contribution in [2.24, 2.45) is 0 Å². The van der Waals surface area contributed by atoms with Crippen LogP contribution in [-0.2, 0) is 14.8 Å². The number of methoxy groups -OCH3 is 1. The van der Waals surface area contributed by atoms with Crippen LogP contribution in [0, 0.1) is 11.3 Å². The zero-order valence-electron chi connectivity index (χ0n) is 20.4. The molecule has 9 heteroatoms. The quantitative estimate of drug-likeness (QED) is 0.300. The average molecular weight is 505 g/mol. The molecule has 186 valence electrons. The lowest BCUT2D eigenvalue weighted by atomic mass is 10.1. The van der Waals surface area contributed by atoms with E-state index in [4.69, 9.17) is 4.74 Å². The van der Waals surface area contributed by atoms with Gasteiger partial charge in [0.25, 0.3) is 15.9 Å². The summed E-state index contributed by atoms with van der Waals surface area (Å²) in [6, 6.07) is 22.1. The molecular formula is C27H28N4O4S. The molecule has 2 N–H and O–H groups in total. The summed E-state index contributed by atoms with van der Waals surface area (Å²) in [5.74, 6) is -0.0354. The summed E-state index contributed by atoms with van der Waals surface area (Å²) in [7, 11) is -2.49. The van der Waals surface area contributed by atoms with Gasteiger partial charge >= 0.3 is 0 Å². The molecule has 0 heterocycles. The van der Waals surface area contributed by atoms with E-state index >= 15 is 0 Å². The summed E-state index contributed by atoms with van der Waals surface area (Å²) >= 11 is 0. The molecule has 0 aliphatic rings. The Labute approximate surface area is 211 Å². The average Bonchev–Trinajstić information content (AvgIpc) is 2.89. The molecule has 0 spiro atoms. The van der Waals surface area contributed by atoms with E-state index in [1.54, 1.807) is 60.7 Å². The molecule has 8 nitrogen and oxygen atoms in total. The number of nitriles is 1. The second kappa shape index (κ2) is 11.9. The normalized spacial score (nSPS) is 11.3. The van der Waals surface area contributed by atoms with E-state index in [1.807, 2.05) is 30.9 Å². The highest BCUT2D eigenvalue weighted by Gasteiger charge is 2.23. The Hall–Kier alpha value is -4.29. The third kappa shape index (κ3) is 6.43. The van der Waals surface area contributed by atoms with Gasteiger partial charge in [0.2, 0.25) is 0 Å². The first-order valence-electron chi connectivity index (χ1n) is 11.3. The van der Waals surface area contributed by atoms with Gasteiger partial charge in [0.1, 0.15) is 22.3 Å². The van der Waals surface area contributed by atoms with Gasteiger partial charge in [-0.15, -0.1) is 0 Å².